The van der Waals surface area contributed by atoms with Crippen molar-refractivity contribution in [3.05, 3.63) is 0 Å². The lowest BCUT2D eigenvalue weighted by Gasteiger charge is -2.57. The zero-order valence-electron chi connectivity index (χ0n) is 11.5. The molecule has 1 N–H and O–H groups in total. The summed E-state index contributed by atoms with van der Waals surface area (Å²) in [6.07, 6.45) is 12.4. The van der Waals surface area contributed by atoms with Crippen LogP contribution in [0.15, 0.2) is 0 Å². The van der Waals surface area contributed by atoms with Crippen LogP contribution in [0.4, 0.5) is 0 Å². The van der Waals surface area contributed by atoms with Crippen LogP contribution < -0.4 is 5.32 Å². The highest BCUT2D eigenvalue weighted by Gasteiger charge is 2.50. The minimum Gasteiger partial charge on any atom is -0.317 e. The molecule has 1 aliphatic heterocycles. The minimum absolute atomic E-state index is 0.796. The molecule has 1 heterocycles. The van der Waals surface area contributed by atoms with Crippen LogP contribution in [0.1, 0.15) is 51.4 Å². The largest absolute Gasteiger partial charge is 0.317 e. The average Bonchev–Trinajstić information content (AvgIpc) is 2.36. The van der Waals surface area contributed by atoms with Gasteiger partial charge in [-0.3, -0.25) is 0 Å². The van der Waals surface area contributed by atoms with Gasteiger partial charge in [-0.1, -0.05) is 0 Å². The molecular formula is C16H27NS. The van der Waals surface area contributed by atoms with Gasteiger partial charge in [0, 0.05) is 5.25 Å². The summed E-state index contributed by atoms with van der Waals surface area (Å²) in [5.74, 6) is 4.89. The number of piperidine rings is 1. The predicted molar refractivity (Wildman–Crippen MR) is 79.0 cm³/mol. The molecule has 5 fully saturated rings. The molecule has 4 bridgehead atoms. The summed E-state index contributed by atoms with van der Waals surface area (Å²) in [6.45, 7) is 2.52. The first-order valence-corrected chi connectivity index (χ1v) is 9.19. The topological polar surface area (TPSA) is 12.0 Å². The van der Waals surface area contributed by atoms with Crippen LogP contribution in [0, 0.1) is 23.2 Å². The van der Waals surface area contributed by atoms with Crippen LogP contribution in [-0.2, 0) is 0 Å². The average molecular weight is 265 g/mol. The number of thioether (sulfide) groups is 1. The Morgan fingerprint density at radius 3 is 2.00 bits per heavy atom. The number of nitrogens with one attached hydrogen (secondary N) is 1. The van der Waals surface area contributed by atoms with E-state index in [0.717, 1.165) is 28.4 Å². The first kappa shape index (κ1) is 12.1. The molecule has 1 saturated heterocycles. The molecule has 102 valence electrons. The fraction of sp³-hybridized carbons (Fsp3) is 1.00. The van der Waals surface area contributed by atoms with E-state index >= 15 is 0 Å². The van der Waals surface area contributed by atoms with Gasteiger partial charge in [0.15, 0.2) is 0 Å². The lowest BCUT2D eigenvalue weighted by atomic mass is 9.50. The second-order valence-corrected chi connectivity index (χ2v) is 8.97. The van der Waals surface area contributed by atoms with E-state index < -0.39 is 0 Å². The molecule has 0 amide bonds. The summed E-state index contributed by atoms with van der Waals surface area (Å²) in [6, 6.07) is 0. The quantitative estimate of drug-likeness (QED) is 0.835. The number of hydrogen-bond donors (Lipinski definition) is 1. The van der Waals surface area contributed by atoms with Gasteiger partial charge >= 0.3 is 0 Å². The molecule has 0 atom stereocenters. The molecule has 1 nitrogen and oxygen atoms in total. The summed E-state index contributed by atoms with van der Waals surface area (Å²) < 4.78 is 0. The Kier molecular flexibility index (Phi) is 3.15. The maximum Gasteiger partial charge on any atom is 0.00713 e. The highest BCUT2D eigenvalue weighted by Crippen LogP contribution is 2.61. The molecule has 4 saturated carbocycles. The minimum atomic E-state index is 0.796. The number of hydrogen-bond acceptors (Lipinski definition) is 2. The summed E-state index contributed by atoms with van der Waals surface area (Å²) in [7, 11) is 0. The van der Waals surface area contributed by atoms with Crippen molar-refractivity contribution in [2.75, 3.05) is 18.8 Å². The summed E-state index contributed by atoms with van der Waals surface area (Å²) in [4.78, 5) is 0. The molecule has 5 rings (SSSR count). The third-order valence-electron chi connectivity index (χ3n) is 6.08. The van der Waals surface area contributed by atoms with Crippen LogP contribution >= 0.6 is 11.8 Å². The fourth-order valence-corrected chi connectivity index (χ4v) is 7.24. The Bertz CT molecular complexity index is 273. The molecule has 2 heteroatoms. The van der Waals surface area contributed by atoms with E-state index in [9.17, 15) is 0 Å². The first-order valence-electron chi connectivity index (χ1n) is 8.14. The molecule has 0 aromatic heterocycles. The number of rotatable bonds is 3. The van der Waals surface area contributed by atoms with E-state index in [1.807, 2.05) is 0 Å². The van der Waals surface area contributed by atoms with E-state index in [1.165, 1.54) is 31.7 Å². The molecule has 4 aliphatic carbocycles. The van der Waals surface area contributed by atoms with Gasteiger partial charge in [-0.2, -0.15) is 11.8 Å². The third kappa shape index (κ3) is 2.24. The molecule has 18 heavy (non-hydrogen) atoms. The Morgan fingerprint density at radius 2 is 1.44 bits per heavy atom. The van der Waals surface area contributed by atoms with Gasteiger partial charge < -0.3 is 5.32 Å². The van der Waals surface area contributed by atoms with Gasteiger partial charge in [0.2, 0.25) is 0 Å². The second-order valence-electron chi connectivity index (χ2n) is 7.68. The van der Waals surface area contributed by atoms with Crippen LogP contribution in [0.2, 0.25) is 0 Å². The molecular weight excluding hydrogens is 238 g/mol. The Morgan fingerprint density at radius 1 is 0.889 bits per heavy atom. The van der Waals surface area contributed by atoms with E-state index in [0.29, 0.717) is 0 Å². The van der Waals surface area contributed by atoms with Gasteiger partial charge in [-0.25, -0.2) is 0 Å². The van der Waals surface area contributed by atoms with Crippen LogP contribution in [0.25, 0.3) is 0 Å². The molecule has 0 radical (unpaired) electrons. The van der Waals surface area contributed by atoms with Gasteiger partial charge in [0.1, 0.15) is 0 Å². The molecule has 0 aromatic rings. The summed E-state index contributed by atoms with van der Waals surface area (Å²) >= 11 is 2.35. The Labute approximate surface area is 116 Å². The Hall–Kier alpha value is 0.310. The summed E-state index contributed by atoms with van der Waals surface area (Å²) in [5, 5.41) is 4.47. The Balaban J connectivity index is 1.38. The van der Waals surface area contributed by atoms with E-state index in [1.54, 1.807) is 38.5 Å². The third-order valence-corrected chi connectivity index (χ3v) is 7.80. The molecule has 5 aliphatic rings. The van der Waals surface area contributed by atoms with E-state index in [-0.39, 0.29) is 0 Å². The smallest absolute Gasteiger partial charge is 0.00713 e. The monoisotopic (exact) mass is 265 g/mol. The maximum absolute atomic E-state index is 3.50. The fourth-order valence-electron chi connectivity index (χ4n) is 5.72. The lowest BCUT2D eigenvalue weighted by Crippen LogP contribution is -2.47. The van der Waals surface area contributed by atoms with Crippen LogP contribution in [0.3, 0.4) is 0 Å². The van der Waals surface area contributed by atoms with E-state index in [4.69, 9.17) is 0 Å². The molecule has 0 aromatic carbocycles. The van der Waals surface area contributed by atoms with Crippen molar-refractivity contribution in [1.82, 2.24) is 5.32 Å². The van der Waals surface area contributed by atoms with Crippen molar-refractivity contribution in [3.63, 3.8) is 0 Å². The van der Waals surface area contributed by atoms with Gasteiger partial charge in [0.25, 0.3) is 0 Å². The molecule has 0 unspecified atom stereocenters. The van der Waals surface area contributed by atoms with Gasteiger partial charge in [-0.05, 0) is 93.4 Å². The maximum atomic E-state index is 3.50. The first-order chi connectivity index (χ1) is 8.81. The van der Waals surface area contributed by atoms with Crippen molar-refractivity contribution in [2.45, 2.75) is 56.6 Å². The van der Waals surface area contributed by atoms with Crippen LogP contribution in [0.5, 0.6) is 0 Å². The van der Waals surface area contributed by atoms with E-state index in [2.05, 4.69) is 17.1 Å². The zero-order chi connectivity index (χ0) is 12.0. The highest BCUT2D eigenvalue weighted by atomic mass is 32.2. The summed E-state index contributed by atoms with van der Waals surface area (Å²) in [5.41, 5.74) is 0.796. The van der Waals surface area contributed by atoms with Gasteiger partial charge in [0.05, 0.1) is 0 Å². The zero-order valence-corrected chi connectivity index (χ0v) is 12.3. The standard InChI is InChI=1S/C16H27NS/c1-3-17-4-2-15(1)18-11-16-8-12-5-13(9-16)7-14(6-12)10-16/h12-15,17H,1-11H2. The van der Waals surface area contributed by atoms with Crippen molar-refractivity contribution in [1.29, 1.82) is 0 Å². The predicted octanol–water partition coefficient (Wildman–Crippen LogP) is 3.69. The SMILES string of the molecule is C1CC(SCC23CC4CC(CC(C4)C2)C3)CCN1. The van der Waals surface area contributed by atoms with Crippen LogP contribution in [-0.4, -0.2) is 24.1 Å². The van der Waals surface area contributed by atoms with Crippen molar-refractivity contribution in [3.8, 4) is 0 Å². The van der Waals surface area contributed by atoms with Crippen molar-refractivity contribution >= 4 is 11.8 Å². The lowest BCUT2D eigenvalue weighted by molar-refractivity contribution is -0.0382. The van der Waals surface area contributed by atoms with Gasteiger partial charge in [-0.15, -0.1) is 0 Å². The van der Waals surface area contributed by atoms with Crippen molar-refractivity contribution in [2.24, 2.45) is 23.2 Å². The van der Waals surface area contributed by atoms with Crippen molar-refractivity contribution < 1.29 is 0 Å². The molecule has 0 spiro atoms. The highest BCUT2D eigenvalue weighted by molar-refractivity contribution is 7.99. The second kappa shape index (κ2) is 4.70. The normalized spacial score (nSPS) is 47.7.